The first-order valence-corrected chi connectivity index (χ1v) is 35.5. The van der Waals surface area contributed by atoms with Crippen LogP contribution in [0.15, 0.2) is 36.4 Å². The molecular weight excluding hydrogens is 881 g/mol. The Bertz CT molecular complexity index is 1930. The van der Waals surface area contributed by atoms with Crippen molar-refractivity contribution in [1.82, 2.24) is 0 Å². The number of aliphatic hydroxyl groups is 1. The van der Waals surface area contributed by atoms with Gasteiger partial charge in [0.15, 0.2) is 33.3 Å². The monoisotopic (exact) mass is 973 g/mol. The number of fused-ring (bicyclic) bond motifs is 6. The highest BCUT2D eigenvalue weighted by atomic mass is 28.4. The van der Waals surface area contributed by atoms with E-state index in [0.29, 0.717) is 18.4 Å². The van der Waals surface area contributed by atoms with Crippen molar-refractivity contribution in [2.45, 2.75) is 226 Å². The summed E-state index contributed by atoms with van der Waals surface area (Å²) in [5.74, 6) is 3.25. The Labute approximate surface area is 400 Å². The van der Waals surface area contributed by atoms with Crippen LogP contribution in [0.4, 0.5) is 0 Å². The van der Waals surface area contributed by atoms with Gasteiger partial charge in [0, 0.05) is 66.4 Å². The van der Waals surface area contributed by atoms with Crippen LogP contribution in [0, 0.1) is 18.8 Å². The number of aliphatic hydroxyl groups excluding tert-OH is 1. The SMILES string of the molecule is C.CC(C)(C)[Si](C)(C)OC[C@@H]1[C@H]2c3cccc(CO)c3O[C@H]2C[C@H]1O[Si](C)(C)C(C)(C)C.Cc1cccc2c1O[C@H]1C[C@@H](O[Si](C)(C)C(C)(C)C)[C@H](CO[Si](C)(C)C(C)(C)C)[C@@H]21.O=C=O. The van der Waals surface area contributed by atoms with Crippen LogP contribution in [-0.4, -0.2) is 82.2 Å². The maximum absolute atomic E-state index is 9.81. The molecule has 2 saturated carbocycles. The van der Waals surface area contributed by atoms with E-state index in [0.717, 1.165) is 36.5 Å². The summed E-state index contributed by atoms with van der Waals surface area (Å²) in [7, 11) is -7.50. The Morgan fingerprint density at radius 3 is 1.28 bits per heavy atom. The molecule has 2 aromatic carbocycles. The van der Waals surface area contributed by atoms with Crippen molar-refractivity contribution >= 4 is 39.4 Å². The summed E-state index contributed by atoms with van der Waals surface area (Å²) in [6.45, 7) is 50.1. The van der Waals surface area contributed by atoms with E-state index in [1.807, 2.05) is 12.1 Å². The van der Waals surface area contributed by atoms with Crippen molar-refractivity contribution in [3.8, 4) is 11.5 Å². The van der Waals surface area contributed by atoms with Crippen LogP contribution in [0.1, 0.15) is 137 Å². The number of rotatable bonds is 11. The highest BCUT2D eigenvalue weighted by Crippen LogP contribution is 2.56. The van der Waals surface area contributed by atoms with Gasteiger partial charge in [0.2, 0.25) is 0 Å². The second kappa shape index (κ2) is 20.6. The fourth-order valence-electron chi connectivity index (χ4n) is 8.60. The lowest BCUT2D eigenvalue weighted by Gasteiger charge is -2.42. The molecule has 65 heavy (non-hydrogen) atoms. The van der Waals surface area contributed by atoms with E-state index in [1.54, 1.807) is 0 Å². The van der Waals surface area contributed by atoms with Crippen molar-refractivity contribution in [1.29, 1.82) is 0 Å². The first-order valence-electron chi connectivity index (χ1n) is 23.8. The predicted molar refractivity (Wildman–Crippen MR) is 276 cm³/mol. The van der Waals surface area contributed by atoms with Crippen LogP contribution in [-0.2, 0) is 33.9 Å². The third kappa shape index (κ3) is 12.5. The number of ether oxygens (including phenoxy) is 2. The number of hydrogen-bond acceptors (Lipinski definition) is 9. The van der Waals surface area contributed by atoms with Crippen molar-refractivity contribution in [2.75, 3.05) is 13.2 Å². The predicted octanol–water partition coefficient (Wildman–Crippen LogP) is 13.8. The molecule has 370 valence electrons. The van der Waals surface area contributed by atoms with E-state index >= 15 is 0 Å². The molecular formula is C52H92O9Si4. The average molecular weight is 974 g/mol. The Morgan fingerprint density at radius 1 is 0.585 bits per heavy atom. The maximum Gasteiger partial charge on any atom is 0.373 e. The molecule has 2 aliphatic carbocycles. The number of para-hydroxylation sites is 2. The van der Waals surface area contributed by atoms with Gasteiger partial charge >= 0.3 is 6.15 Å². The van der Waals surface area contributed by atoms with Gasteiger partial charge in [0.25, 0.3) is 0 Å². The van der Waals surface area contributed by atoms with E-state index in [9.17, 15) is 5.11 Å². The first kappa shape index (κ1) is 57.4. The van der Waals surface area contributed by atoms with Gasteiger partial charge in [-0.1, -0.05) is 127 Å². The highest BCUT2D eigenvalue weighted by Gasteiger charge is 2.56. The summed E-state index contributed by atoms with van der Waals surface area (Å²) in [5.41, 5.74) is 4.72. The molecule has 0 aromatic heterocycles. The molecule has 0 spiro atoms. The maximum atomic E-state index is 9.81. The molecule has 2 aromatic rings. The van der Waals surface area contributed by atoms with Crippen molar-refractivity contribution in [2.24, 2.45) is 11.8 Å². The summed E-state index contributed by atoms with van der Waals surface area (Å²) < 4.78 is 40.5. The average Bonchev–Trinajstić information content (AvgIpc) is 3.87. The Kier molecular flexibility index (Phi) is 18.2. The Morgan fingerprint density at radius 2 is 0.923 bits per heavy atom. The normalized spacial score (nSPS) is 25.3. The number of benzene rings is 2. The van der Waals surface area contributed by atoms with Crippen LogP contribution in [0.25, 0.3) is 0 Å². The van der Waals surface area contributed by atoms with E-state index in [-0.39, 0.29) is 76.6 Å². The molecule has 9 nitrogen and oxygen atoms in total. The van der Waals surface area contributed by atoms with Crippen LogP contribution in [0.2, 0.25) is 72.5 Å². The molecule has 13 heteroatoms. The lowest BCUT2D eigenvalue weighted by molar-refractivity contribution is -0.191. The lowest BCUT2D eigenvalue weighted by Crippen LogP contribution is -2.47. The van der Waals surface area contributed by atoms with E-state index in [4.69, 9.17) is 36.8 Å². The van der Waals surface area contributed by atoms with E-state index < -0.39 is 33.3 Å². The molecule has 0 amide bonds. The zero-order valence-corrected chi connectivity index (χ0v) is 47.8. The van der Waals surface area contributed by atoms with Crippen LogP contribution in [0.5, 0.6) is 11.5 Å². The standard InChI is InChI=1S/C25H44O4Si2.C25H44O3Si2.CO2.CH4/c1-24(2,3)30(7,8)27-16-19-20(29-31(9,10)25(4,5)6)14-21-22(19)18-13-11-12-17(15-26)23(18)28-21;1-17-13-12-14-18-22-19(16-26-29(8,9)24(2,3)4)20(15-21(22)27-23(17)18)28-30(10,11)25(5,6)7;2-1-3;/h11-13,19-22,26H,14-16H2,1-10H3;12-14,19-22H,15-16H2,1-11H3;;1H4/t2*19-,20+,21-,22+;;/m00../s1. The lowest BCUT2D eigenvalue weighted by atomic mass is 9.88. The molecule has 4 aliphatic rings. The fraction of sp³-hybridized carbons (Fsp3) is 0.750. The van der Waals surface area contributed by atoms with Crippen LogP contribution in [0.3, 0.4) is 0 Å². The second-order valence-corrected chi connectivity index (χ2v) is 44.3. The topological polar surface area (TPSA) is 110 Å². The van der Waals surface area contributed by atoms with Gasteiger partial charge < -0.3 is 32.3 Å². The quantitative estimate of drug-likeness (QED) is 0.220. The fourth-order valence-corrected chi connectivity index (χ4v) is 13.4. The van der Waals surface area contributed by atoms with Gasteiger partial charge in [-0.25, -0.2) is 0 Å². The summed E-state index contributed by atoms with van der Waals surface area (Å²) >= 11 is 0. The zero-order valence-electron chi connectivity index (χ0n) is 43.8. The molecule has 2 heterocycles. The number of hydrogen-bond donors (Lipinski definition) is 1. The van der Waals surface area contributed by atoms with Crippen molar-refractivity contribution in [3.63, 3.8) is 0 Å². The smallest absolute Gasteiger partial charge is 0.373 e. The zero-order chi connectivity index (χ0) is 48.8. The van der Waals surface area contributed by atoms with Gasteiger partial charge in [0.1, 0.15) is 23.7 Å². The molecule has 2 aliphatic heterocycles. The molecule has 0 saturated heterocycles. The van der Waals surface area contributed by atoms with Gasteiger partial charge in [0.05, 0.1) is 18.8 Å². The Balaban J connectivity index is 0.000000321. The van der Waals surface area contributed by atoms with Crippen molar-refractivity contribution in [3.05, 3.63) is 58.7 Å². The minimum atomic E-state index is -1.92. The summed E-state index contributed by atoms with van der Waals surface area (Å²) in [6.07, 6.45) is 2.78. The van der Waals surface area contributed by atoms with Crippen LogP contribution < -0.4 is 9.47 Å². The third-order valence-electron chi connectivity index (χ3n) is 16.8. The van der Waals surface area contributed by atoms with Gasteiger partial charge in [-0.05, 0) is 85.0 Å². The molecule has 8 atom stereocenters. The number of aryl methyl sites for hydroxylation is 1. The molecule has 2 fully saturated rings. The summed E-state index contributed by atoms with van der Waals surface area (Å²) in [4.78, 5) is 16.2. The van der Waals surface area contributed by atoms with E-state index in [1.165, 1.54) is 16.7 Å². The molecule has 0 radical (unpaired) electrons. The molecule has 1 N–H and O–H groups in total. The summed E-state index contributed by atoms with van der Waals surface area (Å²) in [5, 5.41) is 10.6. The molecule has 6 rings (SSSR count). The number of carbonyl (C=O) groups excluding carboxylic acids is 2. The molecule has 0 bridgehead atoms. The Hall–Kier alpha value is -1.91. The van der Waals surface area contributed by atoms with Crippen LogP contribution >= 0.6 is 0 Å². The highest BCUT2D eigenvalue weighted by molar-refractivity contribution is 6.75. The molecule has 0 unspecified atom stereocenters. The largest absolute Gasteiger partial charge is 0.489 e. The van der Waals surface area contributed by atoms with E-state index in [2.05, 4.69) is 167 Å². The van der Waals surface area contributed by atoms with Crippen molar-refractivity contribution < 1.29 is 41.9 Å². The van der Waals surface area contributed by atoms with Gasteiger partial charge in [-0.3, -0.25) is 0 Å². The minimum absolute atomic E-state index is 0. The third-order valence-corrected chi connectivity index (χ3v) is 34.8. The first-order chi connectivity index (χ1) is 29.1. The van der Waals surface area contributed by atoms with Gasteiger partial charge in [-0.2, -0.15) is 9.59 Å². The minimum Gasteiger partial charge on any atom is -0.489 e. The second-order valence-electron chi connectivity index (χ2n) is 25.2. The summed E-state index contributed by atoms with van der Waals surface area (Å²) in [6, 6.07) is 12.8. The van der Waals surface area contributed by atoms with Gasteiger partial charge in [-0.15, -0.1) is 0 Å².